The van der Waals surface area contributed by atoms with Crippen molar-refractivity contribution in [3.05, 3.63) is 18.1 Å². The van der Waals surface area contributed by atoms with E-state index >= 15 is 0 Å². The molecule has 1 N–H and O–H groups in total. The van der Waals surface area contributed by atoms with Crippen LogP contribution in [0.4, 0.5) is 5.82 Å². The Kier molecular flexibility index (Phi) is 4.40. The monoisotopic (exact) mass is 262 g/mol. The average molecular weight is 262 g/mol. The first-order valence-corrected chi connectivity index (χ1v) is 7.19. The maximum atomic E-state index is 4.45. The van der Waals surface area contributed by atoms with E-state index in [4.69, 9.17) is 0 Å². The summed E-state index contributed by atoms with van der Waals surface area (Å²) in [5, 5.41) is 2.99. The van der Waals surface area contributed by atoms with E-state index in [9.17, 15) is 0 Å². The highest BCUT2D eigenvalue weighted by molar-refractivity contribution is 5.29. The van der Waals surface area contributed by atoms with Gasteiger partial charge in [-0.15, -0.1) is 0 Å². The van der Waals surface area contributed by atoms with Gasteiger partial charge in [0.25, 0.3) is 0 Å². The van der Waals surface area contributed by atoms with E-state index < -0.39 is 0 Å². The molecule has 0 amide bonds. The minimum absolute atomic E-state index is 0.533. The second kappa shape index (κ2) is 5.87. The topological polar surface area (TPSA) is 41.1 Å². The molecule has 1 saturated carbocycles. The van der Waals surface area contributed by atoms with Crippen molar-refractivity contribution in [1.82, 2.24) is 14.9 Å². The fourth-order valence-corrected chi connectivity index (χ4v) is 2.77. The molecule has 1 heterocycles. The summed E-state index contributed by atoms with van der Waals surface area (Å²) in [7, 11) is 4.07. The SMILES string of the molecule is CNc1cnc(CN(C)C2CCC(C)(C)CC2)cn1. The predicted molar refractivity (Wildman–Crippen MR) is 79.1 cm³/mol. The van der Waals surface area contributed by atoms with Crippen LogP contribution in [0.2, 0.25) is 0 Å². The van der Waals surface area contributed by atoms with Crippen molar-refractivity contribution < 1.29 is 0 Å². The average Bonchev–Trinajstić information content (AvgIpc) is 2.39. The Morgan fingerprint density at radius 2 is 1.95 bits per heavy atom. The second-order valence-corrected chi connectivity index (χ2v) is 6.45. The number of rotatable bonds is 4. The molecular weight excluding hydrogens is 236 g/mol. The fourth-order valence-electron chi connectivity index (χ4n) is 2.77. The summed E-state index contributed by atoms with van der Waals surface area (Å²) >= 11 is 0. The number of hydrogen-bond acceptors (Lipinski definition) is 4. The highest BCUT2D eigenvalue weighted by Gasteiger charge is 2.28. The van der Waals surface area contributed by atoms with Crippen molar-refractivity contribution >= 4 is 5.82 Å². The molecule has 4 nitrogen and oxygen atoms in total. The summed E-state index contributed by atoms with van der Waals surface area (Å²) in [6, 6.07) is 0.693. The van der Waals surface area contributed by atoms with E-state index in [-0.39, 0.29) is 0 Å². The third kappa shape index (κ3) is 3.90. The van der Waals surface area contributed by atoms with Crippen LogP contribution in [-0.2, 0) is 6.54 Å². The molecule has 4 heteroatoms. The van der Waals surface area contributed by atoms with Crippen LogP contribution < -0.4 is 5.32 Å². The molecule has 0 spiro atoms. The lowest BCUT2D eigenvalue weighted by Gasteiger charge is -2.38. The molecule has 0 radical (unpaired) electrons. The van der Waals surface area contributed by atoms with E-state index in [0.29, 0.717) is 11.5 Å². The van der Waals surface area contributed by atoms with Gasteiger partial charge in [0.05, 0.1) is 18.1 Å². The molecule has 0 atom stereocenters. The fraction of sp³-hybridized carbons (Fsp3) is 0.733. The van der Waals surface area contributed by atoms with Crippen LogP contribution in [0, 0.1) is 5.41 Å². The van der Waals surface area contributed by atoms with E-state index in [0.717, 1.165) is 18.1 Å². The van der Waals surface area contributed by atoms with Crippen LogP contribution in [0.5, 0.6) is 0 Å². The van der Waals surface area contributed by atoms with Crippen LogP contribution in [0.25, 0.3) is 0 Å². The lowest BCUT2D eigenvalue weighted by Crippen LogP contribution is -2.36. The summed E-state index contributed by atoms with van der Waals surface area (Å²) in [6.45, 7) is 5.65. The first kappa shape index (κ1) is 14.3. The highest BCUT2D eigenvalue weighted by Crippen LogP contribution is 2.36. The molecule has 0 unspecified atom stereocenters. The normalized spacial score (nSPS) is 19.6. The van der Waals surface area contributed by atoms with Crippen molar-refractivity contribution in [1.29, 1.82) is 0 Å². The van der Waals surface area contributed by atoms with Gasteiger partial charge in [0.1, 0.15) is 5.82 Å². The van der Waals surface area contributed by atoms with E-state index in [1.54, 1.807) is 6.20 Å². The van der Waals surface area contributed by atoms with Crippen LogP contribution in [-0.4, -0.2) is 35.0 Å². The summed E-state index contributed by atoms with van der Waals surface area (Å²) in [6.07, 6.45) is 8.91. The standard InChI is InChI=1S/C15H26N4/c1-15(2)7-5-13(6-8-15)19(4)11-12-9-18-14(16-3)10-17-12/h9-10,13H,5-8,11H2,1-4H3,(H,16,18). The van der Waals surface area contributed by atoms with Crippen molar-refractivity contribution in [2.24, 2.45) is 5.41 Å². The van der Waals surface area contributed by atoms with Gasteiger partial charge in [0.2, 0.25) is 0 Å². The third-order valence-electron chi connectivity index (χ3n) is 4.30. The maximum Gasteiger partial charge on any atom is 0.144 e. The summed E-state index contributed by atoms with van der Waals surface area (Å²) in [5.74, 6) is 0.825. The Balaban J connectivity index is 1.88. The first-order valence-electron chi connectivity index (χ1n) is 7.19. The van der Waals surface area contributed by atoms with Gasteiger partial charge >= 0.3 is 0 Å². The van der Waals surface area contributed by atoms with Gasteiger partial charge in [0.15, 0.2) is 0 Å². The highest BCUT2D eigenvalue weighted by atomic mass is 15.1. The van der Waals surface area contributed by atoms with Crippen LogP contribution >= 0.6 is 0 Å². The molecule has 1 aromatic rings. The van der Waals surface area contributed by atoms with Crippen LogP contribution in [0.15, 0.2) is 12.4 Å². The Bertz CT molecular complexity index is 389. The molecule has 0 bridgehead atoms. The number of nitrogens with zero attached hydrogens (tertiary/aromatic N) is 3. The molecule has 1 aliphatic rings. The quantitative estimate of drug-likeness (QED) is 0.906. The predicted octanol–water partition coefficient (Wildman–Crippen LogP) is 2.92. The molecule has 19 heavy (non-hydrogen) atoms. The second-order valence-electron chi connectivity index (χ2n) is 6.45. The van der Waals surface area contributed by atoms with Crippen molar-refractivity contribution in [3.63, 3.8) is 0 Å². The molecule has 1 aromatic heterocycles. The maximum absolute atomic E-state index is 4.45. The van der Waals surface area contributed by atoms with Gasteiger partial charge in [-0.1, -0.05) is 13.8 Å². The molecule has 0 aromatic carbocycles. The number of nitrogens with one attached hydrogen (secondary N) is 1. The van der Waals surface area contributed by atoms with Crippen molar-refractivity contribution in [2.45, 2.75) is 52.1 Å². The van der Waals surface area contributed by atoms with Gasteiger partial charge in [-0.2, -0.15) is 0 Å². The summed E-state index contributed by atoms with van der Waals surface area (Å²) < 4.78 is 0. The molecule has 0 saturated heterocycles. The van der Waals surface area contributed by atoms with E-state index in [1.807, 2.05) is 13.2 Å². The Morgan fingerprint density at radius 1 is 1.26 bits per heavy atom. The van der Waals surface area contributed by atoms with Gasteiger partial charge in [0, 0.05) is 19.6 Å². The lowest BCUT2D eigenvalue weighted by molar-refractivity contribution is 0.122. The van der Waals surface area contributed by atoms with Crippen molar-refractivity contribution in [3.8, 4) is 0 Å². The molecule has 1 fully saturated rings. The van der Waals surface area contributed by atoms with Crippen LogP contribution in [0.1, 0.15) is 45.2 Å². The third-order valence-corrected chi connectivity index (χ3v) is 4.30. The van der Waals surface area contributed by atoms with Gasteiger partial charge in [-0.05, 0) is 38.1 Å². The molecule has 1 aliphatic carbocycles. The first-order chi connectivity index (χ1) is 9.00. The molecule has 0 aliphatic heterocycles. The summed E-state index contributed by atoms with van der Waals surface area (Å²) in [5.41, 5.74) is 1.58. The van der Waals surface area contributed by atoms with Crippen LogP contribution in [0.3, 0.4) is 0 Å². The molecule has 2 rings (SSSR count). The number of hydrogen-bond donors (Lipinski definition) is 1. The minimum Gasteiger partial charge on any atom is -0.372 e. The molecular formula is C15H26N4. The number of anilines is 1. The Hall–Kier alpha value is -1.16. The smallest absolute Gasteiger partial charge is 0.144 e. The Morgan fingerprint density at radius 3 is 2.47 bits per heavy atom. The van der Waals surface area contributed by atoms with E-state index in [2.05, 4.69) is 41.1 Å². The minimum atomic E-state index is 0.533. The summed E-state index contributed by atoms with van der Waals surface area (Å²) in [4.78, 5) is 11.2. The zero-order chi connectivity index (χ0) is 13.9. The molecule has 106 valence electrons. The van der Waals surface area contributed by atoms with Gasteiger partial charge < -0.3 is 5.32 Å². The van der Waals surface area contributed by atoms with E-state index in [1.165, 1.54) is 25.7 Å². The zero-order valence-electron chi connectivity index (χ0n) is 12.6. The number of aromatic nitrogens is 2. The zero-order valence-corrected chi connectivity index (χ0v) is 12.6. The van der Waals surface area contributed by atoms with Gasteiger partial charge in [-0.3, -0.25) is 9.88 Å². The van der Waals surface area contributed by atoms with Gasteiger partial charge in [-0.25, -0.2) is 4.98 Å². The lowest BCUT2D eigenvalue weighted by atomic mass is 9.75. The van der Waals surface area contributed by atoms with Crippen molar-refractivity contribution in [2.75, 3.05) is 19.4 Å². The largest absolute Gasteiger partial charge is 0.372 e. The Labute approximate surface area is 116 Å².